The summed E-state index contributed by atoms with van der Waals surface area (Å²) in [6, 6.07) is 11.2. The third kappa shape index (κ3) is 4.11. The van der Waals surface area contributed by atoms with Crippen molar-refractivity contribution >= 4 is 44.1 Å². The van der Waals surface area contributed by atoms with Crippen molar-refractivity contribution < 1.29 is 14.3 Å². The fourth-order valence-electron chi connectivity index (χ4n) is 2.53. The molecule has 0 unspecified atom stereocenters. The van der Waals surface area contributed by atoms with E-state index in [1.165, 1.54) is 22.2 Å². The van der Waals surface area contributed by atoms with Gasteiger partial charge in [0.2, 0.25) is 11.7 Å². The van der Waals surface area contributed by atoms with E-state index in [4.69, 9.17) is 10.00 Å². The van der Waals surface area contributed by atoms with Crippen molar-refractivity contribution in [1.82, 2.24) is 14.8 Å². The van der Waals surface area contributed by atoms with E-state index in [1.807, 2.05) is 36.4 Å². The van der Waals surface area contributed by atoms with Crippen LogP contribution in [0.3, 0.4) is 0 Å². The highest BCUT2D eigenvalue weighted by Crippen LogP contribution is 2.44. The molecule has 142 valence electrons. The summed E-state index contributed by atoms with van der Waals surface area (Å²) in [6.07, 6.45) is 1.30. The van der Waals surface area contributed by atoms with Gasteiger partial charge in [-0.05, 0) is 28.4 Å². The summed E-state index contributed by atoms with van der Waals surface area (Å²) in [5.74, 6) is -0.922. The Hall–Kier alpha value is -3.03. The number of hydrogen-bond acceptors (Lipinski definition) is 7. The predicted molar refractivity (Wildman–Crippen MR) is 107 cm³/mol. The van der Waals surface area contributed by atoms with Gasteiger partial charge in [-0.1, -0.05) is 30.3 Å². The Morgan fingerprint density at radius 1 is 1.36 bits per heavy atom. The first-order chi connectivity index (χ1) is 13.5. The Kier molecular flexibility index (Phi) is 6.18. The number of ether oxygens (including phenoxy) is 1. The molecule has 2 aromatic heterocycles. The van der Waals surface area contributed by atoms with Gasteiger partial charge >= 0.3 is 5.97 Å². The van der Waals surface area contributed by atoms with Crippen molar-refractivity contribution in [3.8, 4) is 17.2 Å². The number of hydrogen-bond donors (Lipinski definition) is 1. The number of anilines is 1. The van der Waals surface area contributed by atoms with Crippen LogP contribution in [0.5, 0.6) is 0 Å². The minimum absolute atomic E-state index is 0.0260. The predicted octanol–water partition coefficient (Wildman–Crippen LogP) is 3.46. The molecule has 3 rings (SSSR count). The van der Waals surface area contributed by atoms with Crippen molar-refractivity contribution in [3.63, 3.8) is 0 Å². The summed E-state index contributed by atoms with van der Waals surface area (Å²) in [6.45, 7) is 1.77. The maximum atomic E-state index is 12.6. The van der Waals surface area contributed by atoms with Gasteiger partial charge < -0.3 is 10.1 Å². The van der Waals surface area contributed by atoms with Gasteiger partial charge in [-0.25, -0.2) is 4.79 Å². The molecule has 8 nitrogen and oxygen atoms in total. The van der Waals surface area contributed by atoms with Gasteiger partial charge in [0, 0.05) is 5.56 Å². The number of carbonyl (C=O) groups is 2. The van der Waals surface area contributed by atoms with Crippen LogP contribution >= 0.6 is 27.3 Å². The molecule has 0 bridgehead atoms. The Morgan fingerprint density at radius 3 is 2.79 bits per heavy atom. The topological polar surface area (TPSA) is 110 Å². The fraction of sp³-hybridized carbons (Fsp3) is 0.167. The lowest BCUT2D eigenvalue weighted by Crippen LogP contribution is -2.20. The quantitative estimate of drug-likeness (QED) is 0.565. The molecule has 0 aliphatic heterocycles. The molecule has 0 saturated carbocycles. The minimum Gasteiger partial charge on any atom is -0.462 e. The van der Waals surface area contributed by atoms with Crippen molar-refractivity contribution in [1.29, 1.82) is 5.26 Å². The molecular formula is C18H14BrN5O3S. The normalized spacial score (nSPS) is 10.3. The molecule has 0 aliphatic rings. The number of benzene rings is 1. The summed E-state index contributed by atoms with van der Waals surface area (Å²) in [5.41, 5.74) is 1.75. The first-order valence-electron chi connectivity index (χ1n) is 8.17. The van der Waals surface area contributed by atoms with Crippen molar-refractivity contribution in [2.24, 2.45) is 0 Å². The molecule has 0 radical (unpaired) electrons. The Morgan fingerprint density at radius 2 is 2.11 bits per heavy atom. The number of esters is 1. The second-order valence-corrected chi connectivity index (χ2v) is 7.82. The smallest absolute Gasteiger partial charge is 0.341 e. The van der Waals surface area contributed by atoms with Crippen molar-refractivity contribution in [2.45, 2.75) is 13.5 Å². The fourth-order valence-corrected chi connectivity index (χ4v) is 4.40. The van der Waals surface area contributed by atoms with Crippen LogP contribution in [0.1, 0.15) is 23.1 Å². The maximum Gasteiger partial charge on any atom is 0.341 e. The molecule has 0 spiro atoms. The molecule has 10 heteroatoms. The van der Waals surface area contributed by atoms with E-state index < -0.39 is 11.9 Å². The lowest BCUT2D eigenvalue weighted by atomic mass is 10.0. The standard InChI is InChI=1S/C18H14BrN5O3S/c1-2-27-18(26)15-14(11-6-4-3-5-7-11)16(19)28-17(15)22-13(25)9-24-10-21-23-12(24)8-20/h3-7,10H,2,9H2,1H3,(H,22,25). The second-order valence-electron chi connectivity index (χ2n) is 5.48. The summed E-state index contributed by atoms with van der Waals surface area (Å²) in [4.78, 5) is 25.1. The molecule has 0 saturated heterocycles. The van der Waals surface area contributed by atoms with Crippen LogP contribution in [0, 0.1) is 11.3 Å². The van der Waals surface area contributed by atoms with Gasteiger partial charge in [-0.15, -0.1) is 21.5 Å². The molecule has 1 amide bonds. The molecule has 0 atom stereocenters. The highest BCUT2D eigenvalue weighted by Gasteiger charge is 2.26. The number of amides is 1. The van der Waals surface area contributed by atoms with Crippen LogP contribution in [0.15, 0.2) is 40.4 Å². The number of carbonyl (C=O) groups excluding carboxylic acids is 2. The van der Waals surface area contributed by atoms with Gasteiger partial charge in [-0.3, -0.25) is 9.36 Å². The van der Waals surface area contributed by atoms with Crippen LogP contribution in [-0.2, 0) is 16.1 Å². The summed E-state index contributed by atoms with van der Waals surface area (Å²) >= 11 is 4.71. The summed E-state index contributed by atoms with van der Waals surface area (Å²) < 4.78 is 7.21. The SMILES string of the molecule is CCOC(=O)c1c(NC(=O)Cn2cnnc2C#N)sc(Br)c1-c1ccccc1. The zero-order valence-corrected chi connectivity index (χ0v) is 17.1. The molecule has 0 fully saturated rings. The number of nitrogens with zero attached hydrogens (tertiary/aromatic N) is 4. The van der Waals surface area contributed by atoms with Gasteiger partial charge in [-0.2, -0.15) is 5.26 Å². The number of halogens is 1. The van der Waals surface area contributed by atoms with E-state index in [0.29, 0.717) is 14.4 Å². The molecule has 3 aromatic rings. The highest BCUT2D eigenvalue weighted by atomic mass is 79.9. The molecule has 0 aliphatic carbocycles. The van der Waals surface area contributed by atoms with E-state index >= 15 is 0 Å². The third-order valence-electron chi connectivity index (χ3n) is 3.69. The van der Waals surface area contributed by atoms with Crippen LogP contribution < -0.4 is 5.32 Å². The Labute approximate surface area is 172 Å². The Bertz CT molecular complexity index is 1060. The molecular weight excluding hydrogens is 446 g/mol. The molecule has 2 heterocycles. The van der Waals surface area contributed by atoms with Crippen LogP contribution in [0.4, 0.5) is 5.00 Å². The molecule has 1 aromatic carbocycles. The van der Waals surface area contributed by atoms with Gasteiger partial charge in [0.1, 0.15) is 29.5 Å². The lowest BCUT2D eigenvalue weighted by Gasteiger charge is -2.09. The number of nitrogens with one attached hydrogen (secondary N) is 1. The first-order valence-corrected chi connectivity index (χ1v) is 9.78. The maximum absolute atomic E-state index is 12.6. The van der Waals surface area contributed by atoms with Gasteiger partial charge in [0.05, 0.1) is 10.4 Å². The number of thiophene rings is 1. The number of rotatable bonds is 6. The van der Waals surface area contributed by atoms with Crippen molar-refractivity contribution in [3.05, 3.63) is 51.8 Å². The number of nitriles is 1. The van der Waals surface area contributed by atoms with Crippen molar-refractivity contribution in [2.75, 3.05) is 11.9 Å². The average molecular weight is 460 g/mol. The largest absolute Gasteiger partial charge is 0.462 e. The third-order valence-corrected chi connectivity index (χ3v) is 5.47. The average Bonchev–Trinajstić information content (AvgIpc) is 3.26. The zero-order valence-electron chi connectivity index (χ0n) is 14.7. The zero-order chi connectivity index (χ0) is 20.1. The van der Waals surface area contributed by atoms with E-state index in [-0.39, 0.29) is 24.5 Å². The molecule has 28 heavy (non-hydrogen) atoms. The van der Waals surface area contributed by atoms with Crippen LogP contribution in [0.25, 0.3) is 11.1 Å². The van der Waals surface area contributed by atoms with Crippen LogP contribution in [-0.4, -0.2) is 33.2 Å². The van der Waals surface area contributed by atoms with Gasteiger partial charge in [0.15, 0.2) is 0 Å². The van der Waals surface area contributed by atoms with E-state index in [0.717, 1.165) is 5.56 Å². The van der Waals surface area contributed by atoms with E-state index in [9.17, 15) is 9.59 Å². The number of aromatic nitrogens is 3. The highest BCUT2D eigenvalue weighted by molar-refractivity contribution is 9.11. The Balaban J connectivity index is 1.95. The van der Waals surface area contributed by atoms with Crippen LogP contribution in [0.2, 0.25) is 0 Å². The summed E-state index contributed by atoms with van der Waals surface area (Å²) in [7, 11) is 0. The van der Waals surface area contributed by atoms with Gasteiger partial charge in [0.25, 0.3) is 0 Å². The lowest BCUT2D eigenvalue weighted by molar-refractivity contribution is -0.116. The minimum atomic E-state index is -0.527. The van der Waals surface area contributed by atoms with E-state index in [2.05, 4.69) is 31.4 Å². The summed E-state index contributed by atoms with van der Waals surface area (Å²) in [5, 5.41) is 19.3. The first kappa shape index (κ1) is 19.7. The van der Waals surface area contributed by atoms with E-state index in [1.54, 1.807) is 6.92 Å². The monoisotopic (exact) mass is 459 g/mol. The second kappa shape index (κ2) is 8.77. The molecule has 1 N–H and O–H groups in total.